The second-order valence-corrected chi connectivity index (χ2v) is 6.23. The Hall–Kier alpha value is -2.77. The van der Waals surface area contributed by atoms with Crippen LogP contribution in [0.1, 0.15) is 18.5 Å². The summed E-state index contributed by atoms with van der Waals surface area (Å²) in [6.07, 6.45) is -4.42. The van der Waals surface area contributed by atoms with Crippen LogP contribution in [0, 0.1) is 0 Å². The minimum absolute atomic E-state index is 0.120. The number of nitrogens with zero attached hydrogens (tertiary/aromatic N) is 2. The molecule has 1 unspecified atom stereocenters. The highest BCUT2D eigenvalue weighted by Gasteiger charge is 2.31. The van der Waals surface area contributed by atoms with Crippen molar-refractivity contribution in [1.82, 2.24) is 15.5 Å². The van der Waals surface area contributed by atoms with Gasteiger partial charge in [-0.05, 0) is 23.3 Å². The molecule has 146 valence electrons. The molecular weight excluding hydrogens is 357 g/mol. The zero-order valence-electron chi connectivity index (χ0n) is 15.5. The molecule has 2 aromatic carbocycles. The highest BCUT2D eigenvalue weighted by Crippen LogP contribution is 2.23. The summed E-state index contributed by atoms with van der Waals surface area (Å²) in [6, 6.07) is 13.8. The van der Waals surface area contributed by atoms with Crippen LogP contribution >= 0.6 is 0 Å². The molecule has 0 heterocycles. The molecule has 0 saturated carbocycles. The molecule has 2 N–H and O–H groups in total. The van der Waals surface area contributed by atoms with Gasteiger partial charge in [0.25, 0.3) is 0 Å². The molecule has 0 aliphatic rings. The average molecular weight is 380 g/mol. The molecule has 1 atom stereocenters. The molecule has 2 rings (SSSR count). The molecule has 27 heavy (non-hydrogen) atoms. The van der Waals surface area contributed by atoms with Gasteiger partial charge < -0.3 is 15.5 Å². The van der Waals surface area contributed by atoms with E-state index in [0.717, 1.165) is 23.4 Å². The Bertz CT molecular complexity index is 815. The van der Waals surface area contributed by atoms with Gasteiger partial charge >= 0.3 is 6.18 Å². The smallest absolute Gasteiger partial charge is 0.350 e. The van der Waals surface area contributed by atoms with Crippen LogP contribution in [0.15, 0.2) is 47.5 Å². The van der Waals surface area contributed by atoms with E-state index in [1.54, 1.807) is 0 Å². The summed E-state index contributed by atoms with van der Waals surface area (Å²) in [5.41, 5.74) is 1.05. The maximum absolute atomic E-state index is 12.4. The monoisotopic (exact) mass is 380 g/mol. The SMILES string of the molecule is CN=C(NCC(=O)N(C)CC(F)(F)F)NC(C)c1cccc2ccccc12. The van der Waals surface area contributed by atoms with E-state index in [0.29, 0.717) is 10.9 Å². The van der Waals surface area contributed by atoms with Gasteiger partial charge in [-0.3, -0.25) is 9.79 Å². The average Bonchev–Trinajstić information content (AvgIpc) is 2.62. The number of likely N-dealkylation sites (N-methyl/N-ethyl adjacent to an activating group) is 1. The topological polar surface area (TPSA) is 56.7 Å². The quantitative estimate of drug-likeness (QED) is 0.619. The van der Waals surface area contributed by atoms with Crippen molar-refractivity contribution >= 4 is 22.6 Å². The second kappa shape index (κ2) is 8.75. The number of carbonyl (C=O) groups excluding carboxylic acids is 1. The fourth-order valence-corrected chi connectivity index (χ4v) is 2.76. The van der Waals surface area contributed by atoms with Crippen LogP contribution in [0.25, 0.3) is 10.8 Å². The van der Waals surface area contributed by atoms with Gasteiger partial charge in [0.2, 0.25) is 5.91 Å². The number of hydrogen-bond acceptors (Lipinski definition) is 2. The number of rotatable bonds is 5. The third-order valence-electron chi connectivity index (χ3n) is 4.12. The molecule has 0 fully saturated rings. The van der Waals surface area contributed by atoms with Crippen molar-refractivity contribution in [3.63, 3.8) is 0 Å². The van der Waals surface area contributed by atoms with Gasteiger partial charge in [-0.25, -0.2) is 0 Å². The molecule has 0 aliphatic carbocycles. The predicted octanol–water partition coefficient (Wildman–Crippen LogP) is 3.09. The number of aliphatic imine (C=N–C) groups is 1. The van der Waals surface area contributed by atoms with Crippen molar-refractivity contribution in [2.45, 2.75) is 19.1 Å². The van der Waals surface area contributed by atoms with Gasteiger partial charge in [0.05, 0.1) is 12.6 Å². The van der Waals surface area contributed by atoms with E-state index >= 15 is 0 Å². The number of hydrogen-bond donors (Lipinski definition) is 2. The maximum Gasteiger partial charge on any atom is 0.406 e. The van der Waals surface area contributed by atoms with Crippen molar-refractivity contribution in [3.05, 3.63) is 48.0 Å². The molecule has 0 bridgehead atoms. The van der Waals surface area contributed by atoms with Crippen molar-refractivity contribution < 1.29 is 18.0 Å². The number of alkyl halides is 3. The number of benzene rings is 2. The van der Waals surface area contributed by atoms with E-state index in [2.05, 4.69) is 15.6 Å². The number of amides is 1. The standard InChI is InChI=1S/C19H23F3N4O/c1-13(15-10-6-8-14-7-4-5-9-16(14)15)25-18(23-2)24-11-17(27)26(3)12-19(20,21)22/h4-10,13H,11-12H2,1-3H3,(H2,23,24,25). The molecule has 0 spiro atoms. The summed E-state index contributed by atoms with van der Waals surface area (Å²) in [4.78, 5) is 16.5. The molecule has 8 heteroatoms. The number of carbonyl (C=O) groups is 1. The van der Waals surface area contributed by atoms with Crippen LogP contribution in [0.3, 0.4) is 0 Å². The van der Waals surface area contributed by atoms with Gasteiger partial charge in [-0.2, -0.15) is 13.2 Å². The first kappa shape index (κ1) is 20.5. The van der Waals surface area contributed by atoms with Gasteiger partial charge in [0, 0.05) is 14.1 Å². The lowest BCUT2D eigenvalue weighted by molar-refractivity contribution is -0.157. The molecular formula is C19H23F3N4O. The van der Waals surface area contributed by atoms with Crippen LogP contribution in [0.5, 0.6) is 0 Å². The minimum atomic E-state index is -4.42. The molecule has 0 aliphatic heterocycles. The van der Waals surface area contributed by atoms with Crippen molar-refractivity contribution in [3.8, 4) is 0 Å². The first-order valence-electron chi connectivity index (χ1n) is 8.47. The lowest BCUT2D eigenvalue weighted by Crippen LogP contribution is -2.46. The minimum Gasteiger partial charge on any atom is -0.350 e. The predicted molar refractivity (Wildman–Crippen MR) is 101 cm³/mol. The molecule has 5 nitrogen and oxygen atoms in total. The summed E-state index contributed by atoms with van der Waals surface area (Å²) in [6.45, 7) is 0.382. The third kappa shape index (κ3) is 5.87. The van der Waals surface area contributed by atoms with Crippen LogP contribution < -0.4 is 10.6 Å². The summed E-state index contributed by atoms with van der Waals surface area (Å²) in [7, 11) is 2.65. The Morgan fingerprint density at radius 1 is 1.19 bits per heavy atom. The highest BCUT2D eigenvalue weighted by molar-refractivity contribution is 5.88. The summed E-state index contributed by atoms with van der Waals surface area (Å²) in [5, 5.41) is 8.13. The van der Waals surface area contributed by atoms with E-state index in [-0.39, 0.29) is 12.6 Å². The second-order valence-electron chi connectivity index (χ2n) is 6.23. The van der Waals surface area contributed by atoms with E-state index in [1.165, 1.54) is 7.05 Å². The summed E-state index contributed by atoms with van der Waals surface area (Å²) >= 11 is 0. The molecule has 1 amide bonds. The van der Waals surface area contributed by atoms with Crippen molar-refractivity contribution in [2.75, 3.05) is 27.2 Å². The lowest BCUT2D eigenvalue weighted by Gasteiger charge is -2.22. The molecule has 0 radical (unpaired) electrons. The Morgan fingerprint density at radius 3 is 2.52 bits per heavy atom. The summed E-state index contributed by atoms with van der Waals surface area (Å²) in [5.74, 6) is -0.336. The third-order valence-corrected chi connectivity index (χ3v) is 4.12. The van der Waals surface area contributed by atoms with Crippen LogP contribution in [-0.4, -0.2) is 50.1 Å². The maximum atomic E-state index is 12.4. The number of guanidine groups is 1. The van der Waals surface area contributed by atoms with E-state index < -0.39 is 18.6 Å². The number of fused-ring (bicyclic) bond motifs is 1. The Labute approximate surface area is 156 Å². The fourth-order valence-electron chi connectivity index (χ4n) is 2.76. The van der Waals surface area contributed by atoms with Gasteiger partial charge in [-0.1, -0.05) is 42.5 Å². The van der Waals surface area contributed by atoms with E-state index in [1.807, 2.05) is 49.4 Å². The zero-order chi connectivity index (χ0) is 20.0. The Morgan fingerprint density at radius 2 is 1.85 bits per heavy atom. The van der Waals surface area contributed by atoms with Gasteiger partial charge in [-0.15, -0.1) is 0 Å². The van der Waals surface area contributed by atoms with Crippen molar-refractivity contribution in [1.29, 1.82) is 0 Å². The first-order valence-corrected chi connectivity index (χ1v) is 8.47. The summed E-state index contributed by atoms with van der Waals surface area (Å²) < 4.78 is 37.1. The zero-order valence-corrected chi connectivity index (χ0v) is 15.5. The highest BCUT2D eigenvalue weighted by atomic mass is 19.4. The largest absolute Gasteiger partial charge is 0.406 e. The Kier molecular flexibility index (Phi) is 6.65. The van der Waals surface area contributed by atoms with Crippen LogP contribution in [-0.2, 0) is 4.79 Å². The van der Waals surface area contributed by atoms with Crippen LogP contribution in [0.2, 0.25) is 0 Å². The number of halogens is 3. The Balaban J connectivity index is 1.99. The molecule has 0 saturated heterocycles. The number of nitrogens with one attached hydrogen (secondary N) is 2. The first-order chi connectivity index (χ1) is 12.7. The molecule has 0 aromatic heterocycles. The van der Waals surface area contributed by atoms with Gasteiger partial charge in [0.1, 0.15) is 6.54 Å². The van der Waals surface area contributed by atoms with E-state index in [4.69, 9.17) is 0 Å². The lowest BCUT2D eigenvalue weighted by atomic mass is 10.00. The molecule has 2 aromatic rings. The van der Waals surface area contributed by atoms with E-state index in [9.17, 15) is 18.0 Å². The van der Waals surface area contributed by atoms with Crippen LogP contribution in [0.4, 0.5) is 13.2 Å². The van der Waals surface area contributed by atoms with Crippen molar-refractivity contribution in [2.24, 2.45) is 4.99 Å². The van der Waals surface area contributed by atoms with Gasteiger partial charge in [0.15, 0.2) is 5.96 Å². The fraction of sp³-hybridized carbons (Fsp3) is 0.368. The normalized spacial score (nSPS) is 13.3.